The van der Waals surface area contributed by atoms with E-state index in [1.807, 2.05) is 17.0 Å². The van der Waals surface area contributed by atoms with Gasteiger partial charge in [-0.25, -0.2) is 0 Å². The van der Waals surface area contributed by atoms with Crippen molar-refractivity contribution < 1.29 is 9.21 Å². The molecule has 0 unspecified atom stereocenters. The molecule has 24 heavy (non-hydrogen) atoms. The predicted octanol–water partition coefficient (Wildman–Crippen LogP) is 3.16. The Kier molecular flexibility index (Phi) is 4.09. The Labute approximate surface area is 140 Å². The number of hydrogen-bond acceptors (Lipinski definition) is 3. The Morgan fingerprint density at radius 3 is 3.00 bits per heavy atom. The molecule has 0 saturated carbocycles. The summed E-state index contributed by atoms with van der Waals surface area (Å²) in [5.41, 5.74) is 3.47. The molecule has 1 aromatic carbocycles. The van der Waals surface area contributed by atoms with E-state index in [1.54, 1.807) is 12.3 Å². The summed E-state index contributed by atoms with van der Waals surface area (Å²) < 4.78 is 5.33. The van der Waals surface area contributed by atoms with Crippen molar-refractivity contribution in [2.45, 2.75) is 25.4 Å². The van der Waals surface area contributed by atoms with Crippen LogP contribution >= 0.6 is 0 Å². The minimum atomic E-state index is 0.0487. The largest absolute Gasteiger partial charge is 0.463 e. The minimum Gasteiger partial charge on any atom is -0.463 e. The molecule has 3 aromatic rings. The zero-order valence-corrected chi connectivity index (χ0v) is 13.5. The van der Waals surface area contributed by atoms with E-state index >= 15 is 0 Å². The summed E-state index contributed by atoms with van der Waals surface area (Å²) in [6.45, 7) is 2.39. The van der Waals surface area contributed by atoms with Crippen LogP contribution in [0.25, 0.3) is 11.1 Å². The lowest BCUT2D eigenvalue weighted by molar-refractivity contribution is 0.0689. The molecule has 124 valence electrons. The normalized spacial score (nSPS) is 18.2. The number of nitrogens with zero attached hydrogens (tertiary/aromatic N) is 1. The van der Waals surface area contributed by atoms with Crippen molar-refractivity contribution in [3.63, 3.8) is 0 Å². The number of rotatable bonds is 4. The molecular weight excluding hydrogens is 302 g/mol. The molecule has 1 saturated heterocycles. The predicted molar refractivity (Wildman–Crippen MR) is 92.8 cm³/mol. The number of aromatic amines is 1. The van der Waals surface area contributed by atoms with E-state index in [9.17, 15) is 4.79 Å². The number of nitrogens with one attached hydrogen (secondary N) is 2. The molecule has 3 heterocycles. The SMILES string of the molecule is O=C(c1cc2occc2[nH]1)N1CCC[C@@H](NCc2ccccc2)C1. The summed E-state index contributed by atoms with van der Waals surface area (Å²) in [5.74, 6) is 0.0487. The third-order valence-corrected chi connectivity index (χ3v) is 4.62. The maximum atomic E-state index is 12.7. The number of hydrogen-bond donors (Lipinski definition) is 2. The minimum absolute atomic E-state index is 0.0487. The first-order valence-electron chi connectivity index (χ1n) is 8.42. The highest BCUT2D eigenvalue weighted by Gasteiger charge is 2.25. The highest BCUT2D eigenvalue weighted by molar-refractivity contribution is 5.96. The standard InChI is InChI=1S/C19H21N3O2/c23-19(17-11-18-16(21-17)8-10-24-18)22-9-4-7-15(13-22)20-12-14-5-2-1-3-6-14/h1-3,5-6,8,10-11,15,20-21H,4,7,9,12-13H2/t15-/m1/s1. The van der Waals surface area contributed by atoms with Crippen LogP contribution in [-0.4, -0.2) is 34.9 Å². The summed E-state index contributed by atoms with van der Waals surface area (Å²) >= 11 is 0. The Balaban J connectivity index is 1.39. The van der Waals surface area contributed by atoms with E-state index in [4.69, 9.17) is 4.42 Å². The van der Waals surface area contributed by atoms with E-state index in [2.05, 4.69) is 34.6 Å². The zero-order chi connectivity index (χ0) is 16.4. The smallest absolute Gasteiger partial charge is 0.270 e. The van der Waals surface area contributed by atoms with E-state index in [0.29, 0.717) is 11.7 Å². The summed E-state index contributed by atoms with van der Waals surface area (Å²) in [6.07, 6.45) is 3.75. The number of fused-ring (bicyclic) bond motifs is 1. The third-order valence-electron chi connectivity index (χ3n) is 4.62. The number of carbonyl (C=O) groups is 1. The van der Waals surface area contributed by atoms with Gasteiger partial charge in [0.15, 0.2) is 5.58 Å². The lowest BCUT2D eigenvalue weighted by Gasteiger charge is -2.33. The molecule has 0 aliphatic carbocycles. The van der Waals surface area contributed by atoms with Gasteiger partial charge in [-0.1, -0.05) is 30.3 Å². The van der Waals surface area contributed by atoms with E-state index in [0.717, 1.165) is 43.6 Å². The number of likely N-dealkylation sites (tertiary alicyclic amines) is 1. The third kappa shape index (κ3) is 3.08. The second-order valence-electron chi connectivity index (χ2n) is 6.34. The highest BCUT2D eigenvalue weighted by atomic mass is 16.3. The molecule has 5 nitrogen and oxygen atoms in total. The lowest BCUT2D eigenvalue weighted by atomic mass is 10.0. The monoisotopic (exact) mass is 323 g/mol. The van der Waals surface area contributed by atoms with Gasteiger partial charge in [0.2, 0.25) is 0 Å². The molecule has 1 atom stereocenters. The fourth-order valence-corrected chi connectivity index (χ4v) is 3.32. The van der Waals surface area contributed by atoms with Crippen molar-refractivity contribution in [3.8, 4) is 0 Å². The van der Waals surface area contributed by atoms with E-state index < -0.39 is 0 Å². The summed E-state index contributed by atoms with van der Waals surface area (Å²) in [5, 5.41) is 3.57. The van der Waals surface area contributed by atoms with Crippen LogP contribution in [0.2, 0.25) is 0 Å². The molecular formula is C19H21N3O2. The second kappa shape index (κ2) is 6.53. The van der Waals surface area contributed by atoms with Crippen LogP contribution in [0.1, 0.15) is 28.9 Å². The molecule has 4 rings (SSSR count). The van der Waals surface area contributed by atoms with Gasteiger partial charge in [0, 0.05) is 37.8 Å². The fraction of sp³-hybridized carbons (Fsp3) is 0.316. The second-order valence-corrected chi connectivity index (χ2v) is 6.34. The Hall–Kier alpha value is -2.53. The highest BCUT2D eigenvalue weighted by Crippen LogP contribution is 2.19. The van der Waals surface area contributed by atoms with Crippen LogP contribution in [0.5, 0.6) is 0 Å². The molecule has 1 aliphatic heterocycles. The Bertz CT molecular complexity index is 793. The number of furan rings is 1. The molecule has 1 aliphatic rings. The van der Waals surface area contributed by atoms with Gasteiger partial charge < -0.3 is 19.6 Å². The van der Waals surface area contributed by atoms with Crippen LogP contribution in [0.3, 0.4) is 0 Å². The topological polar surface area (TPSA) is 61.3 Å². The summed E-state index contributed by atoms with van der Waals surface area (Å²) in [6, 6.07) is 14.3. The van der Waals surface area contributed by atoms with Crippen LogP contribution in [-0.2, 0) is 6.54 Å². The summed E-state index contributed by atoms with van der Waals surface area (Å²) in [7, 11) is 0. The van der Waals surface area contributed by atoms with Crippen molar-refractivity contribution in [3.05, 3.63) is 60.0 Å². The maximum Gasteiger partial charge on any atom is 0.270 e. The molecule has 0 bridgehead atoms. The maximum absolute atomic E-state index is 12.7. The van der Waals surface area contributed by atoms with Gasteiger partial charge in [0.05, 0.1) is 11.8 Å². The van der Waals surface area contributed by atoms with Crippen LogP contribution < -0.4 is 5.32 Å². The van der Waals surface area contributed by atoms with Gasteiger partial charge in [0.1, 0.15) is 5.69 Å². The number of aromatic nitrogens is 1. The zero-order valence-electron chi connectivity index (χ0n) is 13.5. The molecule has 0 spiro atoms. The van der Waals surface area contributed by atoms with Gasteiger partial charge in [-0.2, -0.15) is 0 Å². The van der Waals surface area contributed by atoms with Crippen LogP contribution in [0, 0.1) is 0 Å². The Morgan fingerprint density at radius 1 is 1.29 bits per heavy atom. The molecule has 0 radical (unpaired) electrons. The first kappa shape index (κ1) is 15.0. The van der Waals surface area contributed by atoms with Gasteiger partial charge in [0.25, 0.3) is 5.91 Å². The molecule has 5 heteroatoms. The van der Waals surface area contributed by atoms with E-state index in [-0.39, 0.29) is 5.91 Å². The van der Waals surface area contributed by atoms with Gasteiger partial charge in [-0.15, -0.1) is 0 Å². The molecule has 1 amide bonds. The van der Waals surface area contributed by atoms with Crippen LogP contribution in [0.15, 0.2) is 53.1 Å². The van der Waals surface area contributed by atoms with Crippen molar-refractivity contribution >= 4 is 17.0 Å². The van der Waals surface area contributed by atoms with Gasteiger partial charge >= 0.3 is 0 Å². The van der Waals surface area contributed by atoms with Crippen molar-refractivity contribution in [2.24, 2.45) is 0 Å². The molecule has 1 fully saturated rings. The number of H-pyrrole nitrogens is 1. The van der Waals surface area contributed by atoms with Crippen molar-refractivity contribution in [1.29, 1.82) is 0 Å². The van der Waals surface area contributed by atoms with Gasteiger partial charge in [-0.05, 0) is 18.4 Å². The van der Waals surface area contributed by atoms with Crippen LogP contribution in [0.4, 0.5) is 0 Å². The number of benzene rings is 1. The number of amides is 1. The quantitative estimate of drug-likeness (QED) is 0.775. The fourth-order valence-electron chi connectivity index (χ4n) is 3.32. The van der Waals surface area contributed by atoms with Crippen molar-refractivity contribution in [1.82, 2.24) is 15.2 Å². The lowest BCUT2D eigenvalue weighted by Crippen LogP contribution is -2.47. The molecule has 2 aromatic heterocycles. The number of carbonyl (C=O) groups excluding carboxylic acids is 1. The first-order valence-corrected chi connectivity index (χ1v) is 8.42. The average molecular weight is 323 g/mol. The van der Waals surface area contributed by atoms with Gasteiger partial charge in [-0.3, -0.25) is 4.79 Å². The summed E-state index contributed by atoms with van der Waals surface area (Å²) in [4.78, 5) is 17.8. The van der Waals surface area contributed by atoms with Crippen molar-refractivity contribution in [2.75, 3.05) is 13.1 Å². The average Bonchev–Trinajstić information content (AvgIpc) is 3.22. The number of piperidine rings is 1. The van der Waals surface area contributed by atoms with E-state index in [1.165, 1.54) is 5.56 Å². The first-order chi connectivity index (χ1) is 11.8. The molecule has 2 N–H and O–H groups in total. The Morgan fingerprint density at radius 2 is 2.17 bits per heavy atom.